The van der Waals surface area contributed by atoms with Crippen LogP contribution >= 0.6 is 11.3 Å². The van der Waals surface area contributed by atoms with Gasteiger partial charge in [-0.3, -0.25) is 19.0 Å². The van der Waals surface area contributed by atoms with Crippen LogP contribution in [0.3, 0.4) is 0 Å². The summed E-state index contributed by atoms with van der Waals surface area (Å²) in [5.74, 6) is -0.171. The average molecular weight is 485 g/mol. The van der Waals surface area contributed by atoms with Crippen LogP contribution in [0, 0.1) is 20.8 Å². The molecule has 0 spiro atoms. The predicted octanol–water partition coefficient (Wildman–Crippen LogP) is 3.79. The van der Waals surface area contributed by atoms with Crippen molar-refractivity contribution >= 4 is 22.2 Å². The van der Waals surface area contributed by atoms with E-state index in [0.29, 0.717) is 34.2 Å². The lowest BCUT2D eigenvalue weighted by Gasteiger charge is -2.08. The standard InChI is InChI=1S/C26H24N6O2S/c1-16-6-4-5-7-22(16)32-17(2)12-21(30-32)24-18(3)29-26-31(25(24)34)20(15-35-26)13-23(33)28-14-19-8-10-27-11-9-19/h4-12,15H,13-14H2,1-3H3,(H,28,33). The van der Waals surface area contributed by atoms with E-state index in [1.165, 1.54) is 15.7 Å². The molecule has 0 atom stereocenters. The number of aryl methyl sites for hydroxylation is 3. The lowest BCUT2D eigenvalue weighted by atomic mass is 10.1. The molecule has 176 valence electrons. The highest BCUT2D eigenvalue weighted by molar-refractivity contribution is 7.15. The largest absolute Gasteiger partial charge is 0.352 e. The monoisotopic (exact) mass is 484 g/mol. The topological polar surface area (TPSA) is 94.2 Å². The van der Waals surface area contributed by atoms with Gasteiger partial charge in [-0.15, -0.1) is 11.3 Å². The SMILES string of the molecule is Cc1ccccc1-n1nc(-c2c(C)nc3scc(CC(=O)NCc4ccncc4)n3c2=O)cc1C. The Labute approximate surface area is 205 Å². The number of hydrogen-bond donors (Lipinski definition) is 1. The van der Waals surface area contributed by atoms with Crippen LogP contribution in [0.1, 0.15) is 28.2 Å². The normalized spacial score (nSPS) is 11.2. The molecule has 9 heteroatoms. The molecule has 5 rings (SSSR count). The van der Waals surface area contributed by atoms with Crippen LogP contribution in [0.15, 0.2) is 65.0 Å². The Balaban J connectivity index is 1.49. The summed E-state index contributed by atoms with van der Waals surface area (Å²) in [6.45, 7) is 6.21. The van der Waals surface area contributed by atoms with Crippen molar-refractivity contribution in [1.82, 2.24) is 29.5 Å². The van der Waals surface area contributed by atoms with Crippen molar-refractivity contribution in [2.75, 3.05) is 0 Å². The fraction of sp³-hybridized carbons (Fsp3) is 0.192. The summed E-state index contributed by atoms with van der Waals surface area (Å²) < 4.78 is 3.38. The molecule has 0 bridgehead atoms. The number of carbonyl (C=O) groups is 1. The van der Waals surface area contributed by atoms with Crippen molar-refractivity contribution < 1.29 is 4.79 Å². The van der Waals surface area contributed by atoms with Crippen molar-refractivity contribution in [3.63, 3.8) is 0 Å². The Morgan fingerprint density at radius 1 is 1.09 bits per heavy atom. The molecule has 1 N–H and O–H groups in total. The second-order valence-electron chi connectivity index (χ2n) is 8.40. The third-order valence-corrected chi connectivity index (χ3v) is 6.76. The molecule has 0 aliphatic rings. The number of aromatic nitrogens is 5. The van der Waals surface area contributed by atoms with Crippen LogP contribution in [-0.4, -0.2) is 30.1 Å². The molecular formula is C26H24N6O2S. The molecule has 35 heavy (non-hydrogen) atoms. The van der Waals surface area contributed by atoms with Gasteiger partial charge in [0.05, 0.1) is 23.4 Å². The second kappa shape index (κ2) is 9.27. The van der Waals surface area contributed by atoms with Crippen molar-refractivity contribution in [3.05, 3.63) is 98.8 Å². The van der Waals surface area contributed by atoms with Gasteiger partial charge in [0, 0.05) is 35.7 Å². The average Bonchev–Trinajstić information content (AvgIpc) is 3.42. The van der Waals surface area contributed by atoms with E-state index in [4.69, 9.17) is 5.10 Å². The zero-order chi connectivity index (χ0) is 24.5. The fourth-order valence-corrected chi connectivity index (χ4v) is 5.02. The number of fused-ring (bicyclic) bond motifs is 1. The molecule has 8 nitrogen and oxygen atoms in total. The van der Waals surface area contributed by atoms with Gasteiger partial charge in [0.25, 0.3) is 5.56 Å². The fourth-order valence-electron chi connectivity index (χ4n) is 4.09. The lowest BCUT2D eigenvalue weighted by molar-refractivity contribution is -0.120. The summed E-state index contributed by atoms with van der Waals surface area (Å²) in [5, 5.41) is 9.48. The third-order valence-electron chi connectivity index (χ3n) is 5.89. The zero-order valence-corrected chi connectivity index (χ0v) is 20.5. The van der Waals surface area contributed by atoms with Crippen LogP contribution in [0.2, 0.25) is 0 Å². The molecule has 0 aliphatic heterocycles. The van der Waals surface area contributed by atoms with E-state index < -0.39 is 0 Å². The molecule has 4 aromatic heterocycles. The number of rotatable bonds is 6. The number of nitrogens with zero attached hydrogens (tertiary/aromatic N) is 5. The predicted molar refractivity (Wildman–Crippen MR) is 136 cm³/mol. The first-order valence-corrected chi connectivity index (χ1v) is 12.1. The smallest absolute Gasteiger partial charge is 0.268 e. The maximum absolute atomic E-state index is 13.7. The molecule has 0 aliphatic carbocycles. The molecule has 4 heterocycles. The molecule has 1 amide bonds. The second-order valence-corrected chi connectivity index (χ2v) is 9.24. The van der Waals surface area contributed by atoms with E-state index in [9.17, 15) is 9.59 Å². The third kappa shape index (κ3) is 4.38. The van der Waals surface area contributed by atoms with Crippen LogP contribution in [-0.2, 0) is 17.8 Å². The quantitative estimate of drug-likeness (QED) is 0.396. The number of hydrogen-bond acceptors (Lipinski definition) is 6. The molecule has 1 aromatic carbocycles. The van der Waals surface area contributed by atoms with Gasteiger partial charge in [0.1, 0.15) is 5.69 Å². The summed E-state index contributed by atoms with van der Waals surface area (Å²) >= 11 is 1.35. The Morgan fingerprint density at radius 3 is 2.63 bits per heavy atom. The first kappa shape index (κ1) is 22.7. The van der Waals surface area contributed by atoms with E-state index in [1.54, 1.807) is 12.4 Å². The van der Waals surface area contributed by atoms with Gasteiger partial charge >= 0.3 is 0 Å². The van der Waals surface area contributed by atoms with Gasteiger partial charge in [-0.2, -0.15) is 5.10 Å². The number of para-hydroxylation sites is 1. The number of carbonyl (C=O) groups excluding carboxylic acids is 1. The maximum atomic E-state index is 13.7. The minimum atomic E-state index is -0.222. The molecule has 0 saturated carbocycles. The van der Waals surface area contributed by atoms with Gasteiger partial charge in [0.15, 0.2) is 4.96 Å². The number of thiazole rings is 1. The summed E-state index contributed by atoms with van der Waals surface area (Å²) in [5.41, 5.74) is 5.92. The molecule has 5 aromatic rings. The highest BCUT2D eigenvalue weighted by Crippen LogP contribution is 2.24. The molecule has 0 saturated heterocycles. The Bertz CT molecular complexity index is 1600. The summed E-state index contributed by atoms with van der Waals surface area (Å²) in [7, 11) is 0. The first-order chi connectivity index (χ1) is 16.9. The van der Waals surface area contributed by atoms with E-state index in [1.807, 2.05) is 73.3 Å². The molecule has 0 fully saturated rings. The highest BCUT2D eigenvalue weighted by Gasteiger charge is 2.20. The van der Waals surface area contributed by atoms with Crippen LogP contribution < -0.4 is 10.9 Å². The Kier molecular flexibility index (Phi) is 6.00. The van der Waals surface area contributed by atoms with Crippen molar-refractivity contribution in [1.29, 1.82) is 0 Å². The molecule has 0 unspecified atom stereocenters. The van der Waals surface area contributed by atoms with Gasteiger partial charge in [-0.05, 0) is 56.2 Å². The Morgan fingerprint density at radius 2 is 1.86 bits per heavy atom. The van der Waals surface area contributed by atoms with E-state index in [2.05, 4.69) is 15.3 Å². The van der Waals surface area contributed by atoms with Crippen LogP contribution in [0.4, 0.5) is 0 Å². The van der Waals surface area contributed by atoms with Crippen molar-refractivity contribution in [2.24, 2.45) is 0 Å². The maximum Gasteiger partial charge on any atom is 0.268 e. The number of nitrogens with one attached hydrogen (secondary N) is 1. The number of benzene rings is 1. The van der Waals surface area contributed by atoms with Gasteiger partial charge < -0.3 is 5.32 Å². The highest BCUT2D eigenvalue weighted by atomic mass is 32.1. The molecular weight excluding hydrogens is 460 g/mol. The minimum absolute atomic E-state index is 0.0752. The van der Waals surface area contributed by atoms with Crippen molar-refractivity contribution in [2.45, 2.75) is 33.7 Å². The van der Waals surface area contributed by atoms with E-state index >= 15 is 0 Å². The van der Waals surface area contributed by atoms with E-state index in [-0.39, 0.29) is 17.9 Å². The minimum Gasteiger partial charge on any atom is -0.352 e. The van der Waals surface area contributed by atoms with Gasteiger partial charge in [-0.25, -0.2) is 9.67 Å². The van der Waals surface area contributed by atoms with Gasteiger partial charge in [-0.1, -0.05) is 18.2 Å². The Hall–Kier alpha value is -4.11. The van der Waals surface area contributed by atoms with Crippen LogP contribution in [0.5, 0.6) is 0 Å². The number of amides is 1. The first-order valence-electron chi connectivity index (χ1n) is 11.2. The van der Waals surface area contributed by atoms with E-state index in [0.717, 1.165) is 22.5 Å². The van der Waals surface area contributed by atoms with Crippen LogP contribution in [0.25, 0.3) is 21.9 Å². The zero-order valence-electron chi connectivity index (χ0n) is 19.6. The van der Waals surface area contributed by atoms with Crippen molar-refractivity contribution in [3.8, 4) is 16.9 Å². The summed E-state index contributed by atoms with van der Waals surface area (Å²) in [6.07, 6.45) is 3.45. The summed E-state index contributed by atoms with van der Waals surface area (Å²) in [4.78, 5) is 35.5. The summed E-state index contributed by atoms with van der Waals surface area (Å²) in [6, 6.07) is 13.6. The molecule has 0 radical (unpaired) electrons. The number of pyridine rings is 1. The van der Waals surface area contributed by atoms with Gasteiger partial charge in [0.2, 0.25) is 5.91 Å². The lowest BCUT2D eigenvalue weighted by Crippen LogP contribution is -2.27.